The van der Waals surface area contributed by atoms with Gasteiger partial charge in [0.15, 0.2) is 17.6 Å². The number of rotatable bonds is 5. The number of hydrogen-bond acceptors (Lipinski definition) is 5. The van der Waals surface area contributed by atoms with E-state index in [4.69, 9.17) is 9.47 Å². The summed E-state index contributed by atoms with van der Waals surface area (Å²) >= 11 is 1.37. The highest BCUT2D eigenvalue weighted by Gasteiger charge is 2.21. The predicted octanol–water partition coefficient (Wildman–Crippen LogP) is 3.96. The monoisotopic (exact) mass is 409 g/mol. The minimum atomic E-state index is -0.366. The van der Waals surface area contributed by atoms with Gasteiger partial charge in [0, 0.05) is 11.4 Å². The first-order valence-electron chi connectivity index (χ1n) is 9.05. The summed E-state index contributed by atoms with van der Waals surface area (Å²) in [5.41, 5.74) is 1.17. The van der Waals surface area contributed by atoms with Gasteiger partial charge in [0.25, 0.3) is 5.91 Å². The van der Waals surface area contributed by atoms with Gasteiger partial charge in [-0.3, -0.25) is 4.79 Å². The molecular weight excluding hydrogens is 390 g/mol. The maximum absolute atomic E-state index is 12.2. The zero-order chi connectivity index (χ0) is 20.1. The van der Waals surface area contributed by atoms with Crippen LogP contribution in [0.5, 0.6) is 11.5 Å². The predicted molar refractivity (Wildman–Crippen MR) is 112 cm³/mol. The molecule has 0 bridgehead atoms. The quantitative estimate of drug-likeness (QED) is 0.595. The van der Waals surface area contributed by atoms with Gasteiger partial charge in [0.1, 0.15) is 6.61 Å². The van der Waals surface area contributed by atoms with Crippen LogP contribution < -0.4 is 25.4 Å². The molecule has 0 aliphatic carbocycles. The lowest BCUT2D eigenvalue weighted by atomic mass is 10.2. The minimum Gasteiger partial charge on any atom is -0.486 e. The summed E-state index contributed by atoms with van der Waals surface area (Å²) in [6.45, 7) is 0.663. The Kier molecular flexibility index (Phi) is 5.62. The summed E-state index contributed by atoms with van der Waals surface area (Å²) in [5, 5.41) is 10.2. The highest BCUT2D eigenvalue weighted by molar-refractivity contribution is 7.12. The van der Waals surface area contributed by atoms with Crippen molar-refractivity contribution in [3.63, 3.8) is 0 Å². The van der Waals surface area contributed by atoms with Crippen LogP contribution in [0, 0.1) is 0 Å². The van der Waals surface area contributed by atoms with Gasteiger partial charge in [0.2, 0.25) is 0 Å². The average molecular weight is 409 g/mol. The first kappa shape index (κ1) is 18.8. The number of hydrogen-bond donors (Lipinski definition) is 3. The number of carbonyl (C=O) groups excluding carboxylic acids is 2. The molecule has 7 nitrogen and oxygen atoms in total. The number of thiophene rings is 1. The molecule has 0 radical (unpaired) electrons. The second-order valence-electron chi connectivity index (χ2n) is 6.34. The molecule has 148 valence electrons. The van der Waals surface area contributed by atoms with Crippen LogP contribution in [0.4, 0.5) is 16.2 Å². The van der Waals surface area contributed by atoms with Crippen molar-refractivity contribution in [2.24, 2.45) is 0 Å². The van der Waals surface area contributed by atoms with Gasteiger partial charge < -0.3 is 25.4 Å². The van der Waals surface area contributed by atoms with E-state index in [0.29, 0.717) is 40.9 Å². The van der Waals surface area contributed by atoms with E-state index in [2.05, 4.69) is 16.0 Å². The molecule has 8 heteroatoms. The molecular formula is C21H19N3O4S. The topological polar surface area (TPSA) is 88.7 Å². The van der Waals surface area contributed by atoms with E-state index >= 15 is 0 Å². The summed E-state index contributed by atoms with van der Waals surface area (Å²) in [7, 11) is 0. The second kappa shape index (κ2) is 8.66. The fourth-order valence-electron chi connectivity index (χ4n) is 2.82. The van der Waals surface area contributed by atoms with Crippen LogP contribution in [0.15, 0.2) is 66.0 Å². The number of nitrogens with one attached hydrogen (secondary N) is 3. The molecule has 4 rings (SSSR count). The van der Waals surface area contributed by atoms with Gasteiger partial charge in [-0.25, -0.2) is 4.79 Å². The van der Waals surface area contributed by atoms with Crippen molar-refractivity contribution in [2.45, 2.75) is 6.10 Å². The third-order valence-corrected chi connectivity index (χ3v) is 5.05. The van der Waals surface area contributed by atoms with Crippen molar-refractivity contribution in [1.29, 1.82) is 0 Å². The lowest BCUT2D eigenvalue weighted by Crippen LogP contribution is -2.42. The molecule has 0 unspecified atom stereocenters. The molecule has 0 saturated carbocycles. The molecule has 0 spiro atoms. The average Bonchev–Trinajstić information content (AvgIpc) is 3.27. The lowest BCUT2D eigenvalue weighted by molar-refractivity contribution is 0.0922. The molecule has 3 amide bonds. The third kappa shape index (κ3) is 4.85. The second-order valence-corrected chi connectivity index (χ2v) is 7.29. The van der Waals surface area contributed by atoms with E-state index in [1.165, 1.54) is 11.3 Å². The molecule has 3 aromatic rings. The fraction of sp³-hybridized carbons (Fsp3) is 0.143. The molecule has 0 saturated heterocycles. The molecule has 2 heterocycles. The maximum Gasteiger partial charge on any atom is 0.319 e. The standard InChI is InChI=1S/C21H19N3O4S/c25-20(19-9-4-10-29-19)23-14-5-3-6-15(11-14)24-21(26)22-12-16-13-27-17-7-1-2-8-18(17)28-16/h1-11,16H,12-13H2,(H,23,25)(H2,22,24,26)/t16-/m1/s1. The Morgan fingerprint density at radius 2 is 1.76 bits per heavy atom. The van der Waals surface area contributed by atoms with E-state index in [1.54, 1.807) is 30.3 Å². The van der Waals surface area contributed by atoms with Gasteiger partial charge in [-0.05, 0) is 41.8 Å². The largest absolute Gasteiger partial charge is 0.486 e. The summed E-state index contributed by atoms with van der Waals surface area (Å²) in [5.74, 6) is 1.19. The van der Waals surface area contributed by atoms with E-state index in [-0.39, 0.29) is 18.0 Å². The van der Waals surface area contributed by atoms with E-state index in [1.807, 2.05) is 35.7 Å². The van der Waals surface area contributed by atoms with Crippen LogP contribution in [0.2, 0.25) is 0 Å². The zero-order valence-corrected chi connectivity index (χ0v) is 16.2. The van der Waals surface area contributed by atoms with Crippen molar-refractivity contribution in [3.8, 4) is 11.5 Å². The van der Waals surface area contributed by atoms with Crippen molar-refractivity contribution < 1.29 is 19.1 Å². The Bertz CT molecular complexity index is 1010. The Labute approximate surface area is 171 Å². The van der Waals surface area contributed by atoms with Crippen LogP contribution in [0.3, 0.4) is 0 Å². The van der Waals surface area contributed by atoms with Crippen LogP contribution in [-0.4, -0.2) is 31.2 Å². The number of benzene rings is 2. The SMILES string of the molecule is O=C(NC[C@@H]1COc2ccccc2O1)Nc1cccc(NC(=O)c2cccs2)c1. The number of fused-ring (bicyclic) bond motifs is 1. The zero-order valence-electron chi connectivity index (χ0n) is 15.4. The number of urea groups is 1. The van der Waals surface area contributed by atoms with E-state index < -0.39 is 0 Å². The number of para-hydroxylation sites is 2. The summed E-state index contributed by atoms with van der Waals surface area (Å²) in [6.07, 6.45) is -0.271. The maximum atomic E-state index is 12.2. The van der Waals surface area contributed by atoms with Crippen LogP contribution in [-0.2, 0) is 0 Å². The first-order valence-corrected chi connectivity index (χ1v) is 9.93. The summed E-state index contributed by atoms with van der Waals surface area (Å²) < 4.78 is 11.5. The highest BCUT2D eigenvalue weighted by Crippen LogP contribution is 2.30. The number of ether oxygens (including phenoxy) is 2. The number of amides is 3. The molecule has 0 fully saturated rings. The van der Waals surface area contributed by atoms with E-state index in [0.717, 1.165) is 0 Å². The Balaban J connectivity index is 1.28. The molecule has 1 aliphatic rings. The van der Waals surface area contributed by atoms with E-state index in [9.17, 15) is 9.59 Å². The molecule has 1 aromatic heterocycles. The van der Waals surface area contributed by atoms with Crippen LogP contribution in [0.1, 0.15) is 9.67 Å². The van der Waals surface area contributed by atoms with Crippen LogP contribution >= 0.6 is 11.3 Å². The Hall–Kier alpha value is -3.52. The van der Waals surface area contributed by atoms with Crippen LogP contribution in [0.25, 0.3) is 0 Å². The Morgan fingerprint density at radius 1 is 0.966 bits per heavy atom. The summed E-state index contributed by atoms with van der Waals surface area (Å²) in [6, 6.07) is 17.6. The van der Waals surface area contributed by atoms with Crippen molar-refractivity contribution in [1.82, 2.24) is 5.32 Å². The summed E-state index contributed by atoms with van der Waals surface area (Å²) in [4.78, 5) is 25.0. The lowest BCUT2D eigenvalue weighted by Gasteiger charge is -2.26. The third-order valence-electron chi connectivity index (χ3n) is 4.18. The molecule has 1 atom stereocenters. The molecule has 29 heavy (non-hydrogen) atoms. The minimum absolute atomic E-state index is 0.184. The Morgan fingerprint density at radius 3 is 2.55 bits per heavy atom. The molecule has 2 aromatic carbocycles. The van der Waals surface area contributed by atoms with Crippen molar-refractivity contribution in [2.75, 3.05) is 23.8 Å². The fourth-order valence-corrected chi connectivity index (χ4v) is 3.44. The van der Waals surface area contributed by atoms with Gasteiger partial charge in [-0.15, -0.1) is 11.3 Å². The van der Waals surface area contributed by atoms with Gasteiger partial charge in [-0.1, -0.05) is 24.3 Å². The van der Waals surface area contributed by atoms with Gasteiger partial charge in [-0.2, -0.15) is 0 Å². The highest BCUT2D eigenvalue weighted by atomic mass is 32.1. The van der Waals surface area contributed by atoms with Gasteiger partial charge >= 0.3 is 6.03 Å². The molecule has 1 aliphatic heterocycles. The van der Waals surface area contributed by atoms with Gasteiger partial charge in [0.05, 0.1) is 11.4 Å². The first-order chi connectivity index (χ1) is 14.2. The normalized spacial score (nSPS) is 14.7. The number of anilines is 2. The number of carbonyl (C=O) groups is 2. The van der Waals surface area contributed by atoms with Crippen molar-refractivity contribution >= 4 is 34.6 Å². The smallest absolute Gasteiger partial charge is 0.319 e. The van der Waals surface area contributed by atoms with Crippen molar-refractivity contribution in [3.05, 3.63) is 70.9 Å². The molecule has 3 N–H and O–H groups in total.